The van der Waals surface area contributed by atoms with Gasteiger partial charge in [0.25, 0.3) is 0 Å². The van der Waals surface area contributed by atoms with E-state index < -0.39 is 18.1 Å². The van der Waals surface area contributed by atoms with Crippen molar-refractivity contribution >= 4 is 5.91 Å². The van der Waals surface area contributed by atoms with Crippen molar-refractivity contribution in [3.05, 3.63) is 0 Å². The van der Waals surface area contributed by atoms with Crippen LogP contribution in [-0.2, 0) is 4.79 Å². The van der Waals surface area contributed by atoms with E-state index >= 15 is 0 Å². The molecule has 2 unspecified atom stereocenters. The summed E-state index contributed by atoms with van der Waals surface area (Å²) in [6.07, 6.45) is -1.95. The summed E-state index contributed by atoms with van der Waals surface area (Å²) >= 11 is 0. The van der Waals surface area contributed by atoms with Crippen molar-refractivity contribution in [2.24, 2.45) is 5.92 Å². The highest BCUT2D eigenvalue weighted by Crippen LogP contribution is 2.32. The van der Waals surface area contributed by atoms with Gasteiger partial charge >= 0.3 is 6.18 Å². The summed E-state index contributed by atoms with van der Waals surface area (Å²) in [5.41, 5.74) is 0. The van der Waals surface area contributed by atoms with Gasteiger partial charge in [-0.15, -0.1) is 0 Å². The summed E-state index contributed by atoms with van der Waals surface area (Å²) in [7, 11) is 1.70. The van der Waals surface area contributed by atoms with Gasteiger partial charge in [0.15, 0.2) is 0 Å². The average molecular weight is 266 g/mol. The Bertz CT molecular complexity index is 273. The maximum absolute atomic E-state index is 12.5. The van der Waals surface area contributed by atoms with Crippen molar-refractivity contribution in [2.75, 3.05) is 20.1 Å². The monoisotopic (exact) mass is 266 g/mol. The molecule has 1 N–H and O–H groups in total. The molecular weight excluding hydrogens is 245 g/mol. The van der Waals surface area contributed by atoms with Crippen LogP contribution in [0.1, 0.15) is 32.6 Å². The lowest BCUT2D eigenvalue weighted by molar-refractivity contribution is -0.180. The summed E-state index contributed by atoms with van der Waals surface area (Å²) in [5, 5.41) is 2.72. The second-order valence-corrected chi connectivity index (χ2v) is 4.89. The molecule has 106 valence electrons. The average Bonchev–Trinajstić information content (AvgIpc) is 2.34. The Labute approximate surface area is 106 Å². The van der Waals surface area contributed by atoms with E-state index in [0.29, 0.717) is 6.54 Å². The maximum Gasteiger partial charge on any atom is 0.393 e. The molecule has 1 saturated heterocycles. The highest BCUT2D eigenvalue weighted by atomic mass is 19.4. The number of piperidine rings is 1. The van der Waals surface area contributed by atoms with Crippen LogP contribution in [0.5, 0.6) is 0 Å². The number of nitrogens with zero attached hydrogens (tertiary/aromatic N) is 1. The Balaban J connectivity index is 2.40. The van der Waals surface area contributed by atoms with Crippen LogP contribution in [0.4, 0.5) is 13.2 Å². The van der Waals surface area contributed by atoms with Crippen molar-refractivity contribution in [1.29, 1.82) is 0 Å². The third-order valence-electron chi connectivity index (χ3n) is 3.40. The topological polar surface area (TPSA) is 32.3 Å². The first kappa shape index (κ1) is 15.3. The van der Waals surface area contributed by atoms with Gasteiger partial charge in [-0.2, -0.15) is 13.2 Å². The molecule has 2 atom stereocenters. The van der Waals surface area contributed by atoms with Gasteiger partial charge in [-0.25, -0.2) is 0 Å². The zero-order valence-corrected chi connectivity index (χ0v) is 10.9. The minimum absolute atomic E-state index is 0.0362. The molecule has 0 aromatic rings. The lowest BCUT2D eigenvalue weighted by Gasteiger charge is -2.32. The van der Waals surface area contributed by atoms with Crippen LogP contribution in [0.2, 0.25) is 0 Å². The molecule has 1 rings (SSSR count). The quantitative estimate of drug-likeness (QED) is 0.846. The number of hydrogen-bond donors (Lipinski definition) is 1. The molecular formula is C12H21F3N2O. The largest absolute Gasteiger partial charge is 0.393 e. The van der Waals surface area contributed by atoms with E-state index in [9.17, 15) is 18.0 Å². The van der Waals surface area contributed by atoms with E-state index in [1.54, 1.807) is 11.9 Å². The number of carbonyl (C=O) groups is 1. The first-order valence-corrected chi connectivity index (χ1v) is 6.41. The highest BCUT2D eigenvalue weighted by molar-refractivity contribution is 5.81. The number of alkyl halides is 3. The Morgan fingerprint density at radius 2 is 2.06 bits per heavy atom. The number of rotatable bonds is 4. The van der Waals surface area contributed by atoms with Crippen molar-refractivity contribution in [2.45, 2.75) is 44.8 Å². The van der Waals surface area contributed by atoms with Crippen molar-refractivity contribution in [3.8, 4) is 0 Å². The smallest absolute Gasteiger partial charge is 0.344 e. The molecule has 3 nitrogen and oxygen atoms in total. The fourth-order valence-corrected chi connectivity index (χ4v) is 2.12. The molecule has 0 aromatic heterocycles. The second-order valence-electron chi connectivity index (χ2n) is 4.89. The van der Waals surface area contributed by atoms with Crippen LogP contribution in [-0.4, -0.2) is 43.2 Å². The van der Waals surface area contributed by atoms with Gasteiger partial charge < -0.3 is 10.2 Å². The Kier molecular flexibility index (Phi) is 5.44. The maximum atomic E-state index is 12.5. The van der Waals surface area contributed by atoms with Gasteiger partial charge in [-0.1, -0.05) is 13.3 Å². The van der Waals surface area contributed by atoms with Crippen LogP contribution in [0, 0.1) is 5.92 Å². The van der Waals surface area contributed by atoms with Gasteiger partial charge in [0.2, 0.25) is 5.91 Å². The van der Waals surface area contributed by atoms with Crippen molar-refractivity contribution < 1.29 is 18.0 Å². The number of nitrogens with one attached hydrogen (secondary N) is 1. The minimum atomic E-state index is -4.16. The molecule has 0 saturated carbocycles. The number of amides is 1. The third kappa shape index (κ3) is 4.15. The van der Waals surface area contributed by atoms with E-state index in [1.165, 1.54) is 0 Å². The molecule has 1 amide bonds. The number of unbranched alkanes of at least 4 members (excludes halogenated alkanes) is 1. The molecule has 1 aliphatic rings. The zero-order chi connectivity index (χ0) is 13.8. The Morgan fingerprint density at radius 3 is 2.50 bits per heavy atom. The Hall–Kier alpha value is -0.780. The van der Waals surface area contributed by atoms with Crippen molar-refractivity contribution in [1.82, 2.24) is 10.2 Å². The molecule has 0 aliphatic carbocycles. The molecule has 1 aliphatic heterocycles. The first-order valence-electron chi connectivity index (χ1n) is 6.41. The molecule has 1 fully saturated rings. The van der Waals surface area contributed by atoms with E-state index in [4.69, 9.17) is 0 Å². The molecule has 0 aromatic carbocycles. The molecule has 6 heteroatoms. The van der Waals surface area contributed by atoms with Crippen LogP contribution >= 0.6 is 0 Å². The predicted octanol–water partition coefficient (Wildman–Crippen LogP) is 2.18. The summed E-state index contributed by atoms with van der Waals surface area (Å²) in [6.45, 7) is 2.54. The van der Waals surface area contributed by atoms with Gasteiger partial charge in [-0.05, 0) is 19.3 Å². The highest BCUT2D eigenvalue weighted by Gasteiger charge is 2.42. The lowest BCUT2D eigenvalue weighted by atomic mass is 9.93. The van der Waals surface area contributed by atoms with E-state index in [0.717, 1.165) is 12.8 Å². The number of likely N-dealkylation sites (N-methyl/N-ethyl adjacent to an activating group) is 1. The minimum Gasteiger partial charge on any atom is -0.344 e. The number of hydrogen-bond acceptors (Lipinski definition) is 2. The fraction of sp³-hybridized carbons (Fsp3) is 0.917. The zero-order valence-electron chi connectivity index (χ0n) is 10.9. The van der Waals surface area contributed by atoms with Gasteiger partial charge in [0.1, 0.15) is 0 Å². The molecule has 0 spiro atoms. The normalized spacial score (nSPS) is 24.9. The number of carbonyl (C=O) groups excluding carboxylic acids is 1. The summed E-state index contributed by atoms with van der Waals surface area (Å²) < 4.78 is 37.4. The summed E-state index contributed by atoms with van der Waals surface area (Å²) in [6, 6.07) is -0.453. The van der Waals surface area contributed by atoms with Gasteiger partial charge in [0.05, 0.1) is 12.0 Å². The molecule has 0 bridgehead atoms. The van der Waals surface area contributed by atoms with E-state index in [-0.39, 0.29) is 25.3 Å². The summed E-state index contributed by atoms with van der Waals surface area (Å²) in [5.74, 6) is -1.41. The number of halogens is 3. The Morgan fingerprint density at radius 1 is 1.39 bits per heavy atom. The first-order chi connectivity index (χ1) is 8.36. The van der Waals surface area contributed by atoms with Crippen molar-refractivity contribution in [3.63, 3.8) is 0 Å². The second kappa shape index (κ2) is 6.41. The van der Waals surface area contributed by atoms with Gasteiger partial charge in [0, 0.05) is 20.1 Å². The van der Waals surface area contributed by atoms with E-state index in [1.807, 2.05) is 6.92 Å². The third-order valence-corrected chi connectivity index (χ3v) is 3.40. The molecule has 1 heterocycles. The van der Waals surface area contributed by atoms with Crippen LogP contribution < -0.4 is 5.32 Å². The molecule has 18 heavy (non-hydrogen) atoms. The lowest BCUT2D eigenvalue weighted by Crippen LogP contribution is -2.51. The SMILES string of the molecule is CCCCN(C)C(=O)C1CCC(C(F)(F)F)CN1. The summed E-state index contributed by atoms with van der Waals surface area (Å²) in [4.78, 5) is 13.5. The molecule has 0 radical (unpaired) electrons. The van der Waals surface area contributed by atoms with E-state index in [2.05, 4.69) is 5.32 Å². The van der Waals surface area contributed by atoms with Crippen LogP contribution in [0.25, 0.3) is 0 Å². The van der Waals surface area contributed by atoms with Gasteiger partial charge in [-0.3, -0.25) is 4.79 Å². The fourth-order valence-electron chi connectivity index (χ4n) is 2.12. The van der Waals surface area contributed by atoms with Crippen LogP contribution in [0.15, 0.2) is 0 Å². The standard InChI is InChI=1S/C12H21F3N2O/c1-3-4-7-17(2)11(18)10-6-5-9(8-16-10)12(13,14)15/h9-10,16H,3-8H2,1-2H3. The predicted molar refractivity (Wildman–Crippen MR) is 63.1 cm³/mol. The van der Waals surface area contributed by atoms with Crippen LogP contribution in [0.3, 0.4) is 0 Å².